The minimum atomic E-state index is -5.08. The van der Waals surface area contributed by atoms with E-state index in [1.165, 1.54) is 12.1 Å². The van der Waals surface area contributed by atoms with Gasteiger partial charge in [0.2, 0.25) is 0 Å². The van der Waals surface area contributed by atoms with E-state index in [2.05, 4.69) is 0 Å². The summed E-state index contributed by atoms with van der Waals surface area (Å²) in [7, 11) is 1.91. The average Bonchev–Trinajstić information content (AvgIpc) is 2.86. The summed E-state index contributed by atoms with van der Waals surface area (Å²) in [6, 6.07) is 10.2. The number of alkyl halides is 3. The van der Waals surface area contributed by atoms with Gasteiger partial charge in [0.15, 0.2) is 0 Å². The number of halogens is 4. The maximum absolute atomic E-state index is 13.7. The number of esters is 2. The minimum Gasteiger partial charge on any atom is -0.466 e. The zero-order chi connectivity index (χ0) is 27.7. The highest BCUT2D eigenvalue weighted by molar-refractivity contribution is 6.35. The molecule has 0 aliphatic carbocycles. The Hall–Kier alpha value is -4.57. The molecule has 0 spiro atoms. The van der Waals surface area contributed by atoms with Crippen LogP contribution in [-0.2, 0) is 25.2 Å². The van der Waals surface area contributed by atoms with Gasteiger partial charge in [-0.3, -0.25) is 15.0 Å². The number of nitriles is 1. The monoisotopic (exact) mass is 536 g/mol. The number of carbonyl (C=O) groups is 2. The van der Waals surface area contributed by atoms with Gasteiger partial charge >= 0.3 is 18.1 Å². The van der Waals surface area contributed by atoms with Crippen molar-refractivity contribution >= 4 is 34.9 Å². The second-order valence-electron chi connectivity index (χ2n) is 7.42. The van der Waals surface area contributed by atoms with Gasteiger partial charge in [-0.15, -0.1) is 0 Å². The highest BCUT2D eigenvalue weighted by Gasteiger charge is 2.45. The average molecular weight is 537 g/mol. The second-order valence-corrected chi connectivity index (χ2v) is 7.80. The van der Waals surface area contributed by atoms with Gasteiger partial charge < -0.3 is 15.2 Å². The lowest BCUT2D eigenvalue weighted by Gasteiger charge is -2.36. The third-order valence-electron chi connectivity index (χ3n) is 5.41. The molecule has 0 aromatic heterocycles. The van der Waals surface area contributed by atoms with Crippen LogP contribution < -0.4 is 10.6 Å². The fraction of sp³-hybridized carbons (Fsp3) is 0.174. The van der Waals surface area contributed by atoms with Crippen LogP contribution in [0, 0.1) is 21.4 Å². The molecule has 192 valence electrons. The van der Waals surface area contributed by atoms with Crippen LogP contribution in [0.3, 0.4) is 0 Å². The highest BCUT2D eigenvalue weighted by Crippen LogP contribution is 2.48. The maximum atomic E-state index is 13.7. The van der Waals surface area contributed by atoms with Gasteiger partial charge in [-0.25, -0.2) is 9.59 Å². The SMILES string of the molecule is COC(=O)C1=C(C(=O)OC)N(c2cc(C(F)(F)F)cc([N+](=O)[O-])c2Cl)C(N)=C(C#N)C1c1ccccc1. The van der Waals surface area contributed by atoms with Crippen LogP contribution in [0.25, 0.3) is 0 Å². The Morgan fingerprint density at radius 1 is 1.16 bits per heavy atom. The van der Waals surface area contributed by atoms with Gasteiger partial charge in [-0.2, -0.15) is 18.4 Å². The topological polar surface area (TPSA) is 149 Å². The van der Waals surface area contributed by atoms with Crippen LogP contribution in [0.15, 0.2) is 65.1 Å². The van der Waals surface area contributed by atoms with Crippen molar-refractivity contribution in [2.24, 2.45) is 5.73 Å². The number of nitrogens with two attached hydrogens (primary N) is 1. The van der Waals surface area contributed by atoms with Crippen molar-refractivity contribution in [3.63, 3.8) is 0 Å². The number of nitrogens with zero attached hydrogens (tertiary/aromatic N) is 3. The molecular weight excluding hydrogens is 521 g/mol. The molecule has 1 aliphatic heterocycles. The Morgan fingerprint density at radius 3 is 2.24 bits per heavy atom. The van der Waals surface area contributed by atoms with Gasteiger partial charge in [-0.1, -0.05) is 41.9 Å². The molecule has 1 atom stereocenters. The van der Waals surface area contributed by atoms with Crippen molar-refractivity contribution in [1.82, 2.24) is 0 Å². The normalized spacial score (nSPS) is 15.8. The van der Waals surface area contributed by atoms with Crippen molar-refractivity contribution in [3.8, 4) is 6.07 Å². The van der Waals surface area contributed by atoms with E-state index in [1.54, 1.807) is 18.2 Å². The number of anilines is 1. The van der Waals surface area contributed by atoms with Crippen LogP contribution in [0.2, 0.25) is 5.02 Å². The molecule has 1 unspecified atom stereocenters. The van der Waals surface area contributed by atoms with Gasteiger partial charge in [0.25, 0.3) is 5.69 Å². The van der Waals surface area contributed by atoms with Crippen LogP contribution >= 0.6 is 11.6 Å². The molecule has 0 bridgehead atoms. The molecule has 14 heteroatoms. The third-order valence-corrected chi connectivity index (χ3v) is 5.80. The lowest BCUT2D eigenvalue weighted by molar-refractivity contribution is -0.384. The number of allylic oxidation sites excluding steroid dienone is 1. The largest absolute Gasteiger partial charge is 0.466 e. The highest BCUT2D eigenvalue weighted by atomic mass is 35.5. The fourth-order valence-corrected chi connectivity index (χ4v) is 4.08. The molecule has 0 radical (unpaired) electrons. The van der Waals surface area contributed by atoms with E-state index in [1.807, 2.05) is 6.07 Å². The molecule has 2 N–H and O–H groups in total. The smallest absolute Gasteiger partial charge is 0.416 e. The molecule has 0 fully saturated rings. The quantitative estimate of drug-likeness (QED) is 0.337. The molecule has 3 rings (SSSR count). The summed E-state index contributed by atoms with van der Waals surface area (Å²) in [4.78, 5) is 36.9. The molecule has 0 saturated heterocycles. The van der Waals surface area contributed by atoms with Crippen molar-refractivity contribution in [2.45, 2.75) is 12.1 Å². The second kappa shape index (κ2) is 10.2. The first-order valence-corrected chi connectivity index (χ1v) is 10.5. The zero-order valence-corrected chi connectivity index (χ0v) is 19.8. The molecule has 2 aromatic rings. The van der Waals surface area contributed by atoms with E-state index in [4.69, 9.17) is 26.8 Å². The Labute approximate surface area is 212 Å². The summed E-state index contributed by atoms with van der Waals surface area (Å²) in [5, 5.41) is 20.7. The summed E-state index contributed by atoms with van der Waals surface area (Å²) in [6.45, 7) is 0. The van der Waals surface area contributed by atoms with Crippen molar-refractivity contribution in [2.75, 3.05) is 19.1 Å². The fourth-order valence-electron chi connectivity index (χ4n) is 3.82. The lowest BCUT2D eigenvalue weighted by atomic mass is 9.81. The van der Waals surface area contributed by atoms with Crippen molar-refractivity contribution < 1.29 is 37.2 Å². The molecule has 37 heavy (non-hydrogen) atoms. The summed E-state index contributed by atoms with van der Waals surface area (Å²) >= 11 is 6.14. The van der Waals surface area contributed by atoms with E-state index < -0.39 is 68.0 Å². The van der Waals surface area contributed by atoms with Gasteiger partial charge in [0.05, 0.1) is 53.5 Å². The Balaban J connectivity index is 2.54. The Bertz CT molecular complexity index is 1400. The zero-order valence-electron chi connectivity index (χ0n) is 19.0. The van der Waals surface area contributed by atoms with E-state index in [-0.39, 0.29) is 11.6 Å². The molecule has 1 heterocycles. The van der Waals surface area contributed by atoms with Crippen LogP contribution in [-0.4, -0.2) is 31.1 Å². The summed E-state index contributed by atoms with van der Waals surface area (Å²) in [5.41, 5.74) is 1.45. The van der Waals surface area contributed by atoms with E-state index in [0.717, 1.165) is 14.2 Å². The van der Waals surface area contributed by atoms with Gasteiger partial charge in [0, 0.05) is 6.07 Å². The molecule has 1 aliphatic rings. The number of rotatable bonds is 5. The third kappa shape index (κ3) is 4.78. The summed E-state index contributed by atoms with van der Waals surface area (Å²) < 4.78 is 50.6. The summed E-state index contributed by atoms with van der Waals surface area (Å²) in [5.74, 6) is -4.32. The first-order valence-electron chi connectivity index (χ1n) is 10.1. The predicted octanol–water partition coefficient (Wildman–Crippen LogP) is 4.16. The van der Waals surface area contributed by atoms with Gasteiger partial charge in [-0.05, 0) is 11.6 Å². The lowest BCUT2D eigenvalue weighted by Crippen LogP contribution is -2.41. The van der Waals surface area contributed by atoms with Crippen molar-refractivity contribution in [3.05, 3.63) is 91.4 Å². The van der Waals surface area contributed by atoms with Crippen LogP contribution in [0.1, 0.15) is 17.0 Å². The number of ether oxygens (including phenoxy) is 2. The van der Waals surface area contributed by atoms with E-state index in [9.17, 15) is 38.1 Å². The Kier molecular flexibility index (Phi) is 7.45. The summed E-state index contributed by atoms with van der Waals surface area (Å²) in [6.07, 6.45) is -5.08. The number of nitro groups is 1. The van der Waals surface area contributed by atoms with Gasteiger partial charge in [0.1, 0.15) is 16.5 Å². The first-order chi connectivity index (χ1) is 17.4. The number of hydrogen-bond donors (Lipinski definition) is 1. The molecule has 10 nitrogen and oxygen atoms in total. The maximum Gasteiger partial charge on any atom is 0.416 e. The number of benzene rings is 2. The minimum absolute atomic E-state index is 0.205. The standard InChI is InChI=1S/C23H16ClF3N4O6/c1-36-21(32)17-16(11-6-4-3-5-7-11)13(10-28)20(29)30(19(17)22(33)37-2)14-8-12(23(25,26)27)9-15(18(14)24)31(34)35/h3-9,16H,29H2,1-2H3. The molecule has 0 saturated carbocycles. The predicted molar refractivity (Wildman–Crippen MR) is 123 cm³/mol. The van der Waals surface area contributed by atoms with E-state index >= 15 is 0 Å². The molecular formula is C23H16ClF3N4O6. The molecule has 0 amide bonds. The van der Waals surface area contributed by atoms with Crippen LogP contribution in [0.5, 0.6) is 0 Å². The number of hydrogen-bond acceptors (Lipinski definition) is 9. The first kappa shape index (κ1) is 27.0. The molecule has 2 aromatic carbocycles. The van der Waals surface area contributed by atoms with E-state index in [0.29, 0.717) is 16.5 Å². The van der Waals surface area contributed by atoms with Crippen LogP contribution in [0.4, 0.5) is 24.5 Å². The number of methoxy groups -OCH3 is 2. The number of carbonyl (C=O) groups excluding carboxylic acids is 2. The Morgan fingerprint density at radius 2 is 1.76 bits per heavy atom. The van der Waals surface area contributed by atoms with Crippen molar-refractivity contribution in [1.29, 1.82) is 5.26 Å². The number of nitro benzene ring substituents is 1.